The van der Waals surface area contributed by atoms with Crippen molar-refractivity contribution in [1.82, 2.24) is 15.1 Å². The van der Waals surface area contributed by atoms with E-state index in [9.17, 15) is 18.9 Å². The number of nitrogens with one attached hydrogen (secondary N) is 2. The van der Waals surface area contributed by atoms with E-state index in [0.29, 0.717) is 32.0 Å². The molecule has 0 spiro atoms. The van der Waals surface area contributed by atoms with Gasteiger partial charge in [-0.3, -0.25) is 14.2 Å². The summed E-state index contributed by atoms with van der Waals surface area (Å²) in [5.74, 6) is -0.626. The molecule has 0 saturated carbocycles. The van der Waals surface area contributed by atoms with Crippen LogP contribution >= 0.6 is 22.9 Å². The van der Waals surface area contributed by atoms with Crippen LogP contribution in [0.3, 0.4) is 0 Å². The monoisotopic (exact) mass is 594 g/mol. The highest BCUT2D eigenvalue weighted by Gasteiger charge is 2.19. The normalized spacial score (nSPS) is 11.8. The molecule has 40 heavy (non-hydrogen) atoms. The zero-order chi connectivity index (χ0) is 28.2. The van der Waals surface area contributed by atoms with Gasteiger partial charge >= 0.3 is 5.97 Å². The fraction of sp³-hybridized carbons (Fsp3) is 0.107. The lowest BCUT2D eigenvalue weighted by atomic mass is 10.1. The lowest BCUT2D eigenvalue weighted by Gasteiger charge is -2.10. The molecule has 9 nitrogen and oxygen atoms in total. The van der Waals surface area contributed by atoms with E-state index < -0.39 is 22.9 Å². The molecule has 0 bridgehead atoms. The fourth-order valence-corrected chi connectivity index (χ4v) is 6.47. The molecule has 5 aromatic rings. The van der Waals surface area contributed by atoms with Crippen LogP contribution in [-0.4, -0.2) is 38.1 Å². The number of amides is 1. The highest BCUT2D eigenvalue weighted by molar-refractivity contribution is 7.88. The predicted molar refractivity (Wildman–Crippen MR) is 156 cm³/mol. The zero-order valence-corrected chi connectivity index (χ0v) is 23.5. The number of carbonyl (C=O) groups excluding carboxylic acids is 1. The number of ether oxygens (including phenoxy) is 1. The van der Waals surface area contributed by atoms with Crippen LogP contribution in [-0.2, 0) is 24.1 Å². The molecule has 0 saturated heterocycles. The van der Waals surface area contributed by atoms with Crippen molar-refractivity contribution in [2.24, 2.45) is 0 Å². The Labute approximate surface area is 241 Å². The molecule has 1 atom stereocenters. The van der Waals surface area contributed by atoms with Crippen molar-refractivity contribution in [3.63, 3.8) is 0 Å². The summed E-state index contributed by atoms with van der Waals surface area (Å²) in [6.45, 7) is 0.607. The largest absolute Gasteiger partial charge is 0.496 e. The first-order valence-corrected chi connectivity index (χ1v) is 14.3. The van der Waals surface area contributed by atoms with Crippen molar-refractivity contribution in [3.05, 3.63) is 105 Å². The van der Waals surface area contributed by atoms with Gasteiger partial charge in [0.1, 0.15) is 9.96 Å². The summed E-state index contributed by atoms with van der Waals surface area (Å²) in [5, 5.41) is 17.6. The highest BCUT2D eigenvalue weighted by Crippen LogP contribution is 2.34. The zero-order valence-electron chi connectivity index (χ0n) is 21.1. The molecule has 1 unspecified atom stereocenters. The first kappa shape index (κ1) is 27.4. The number of aromatic nitrogens is 2. The standard InChI is InChI=1S/C28H23ClN4O5S2/c1-38-22-11-5-10-21-25(22)26(32-40(37)24-13-12-23(29)39-24)31-33(21)16-18-7-4-6-17(14-18)15-30-27(34)19-8-2-3-9-20(19)28(35)36/h2-14H,15-16H2,1H3,(H,30,34)(H,31,32)(H,35,36). The average molecular weight is 595 g/mol. The molecule has 0 aliphatic heterocycles. The molecule has 12 heteroatoms. The van der Waals surface area contributed by atoms with Gasteiger partial charge in [-0.1, -0.05) is 54.1 Å². The molecule has 204 valence electrons. The number of rotatable bonds is 10. The van der Waals surface area contributed by atoms with Gasteiger partial charge in [0.05, 0.1) is 40.0 Å². The van der Waals surface area contributed by atoms with E-state index in [-0.39, 0.29) is 17.7 Å². The maximum Gasteiger partial charge on any atom is 0.336 e. The minimum absolute atomic E-state index is 0.0535. The molecule has 1 amide bonds. The minimum Gasteiger partial charge on any atom is -0.496 e. The second-order valence-corrected chi connectivity index (χ2v) is 11.8. The van der Waals surface area contributed by atoms with Crippen molar-refractivity contribution in [3.8, 4) is 5.75 Å². The number of carbonyl (C=O) groups is 2. The van der Waals surface area contributed by atoms with Crippen LogP contribution in [0.15, 0.2) is 83.1 Å². The molecular weight excluding hydrogens is 572 g/mol. The van der Waals surface area contributed by atoms with Crippen molar-refractivity contribution in [2.75, 3.05) is 11.8 Å². The third-order valence-corrected chi connectivity index (χ3v) is 8.67. The van der Waals surface area contributed by atoms with E-state index >= 15 is 0 Å². The Morgan fingerprint density at radius 1 is 1.02 bits per heavy atom. The van der Waals surface area contributed by atoms with Crippen LogP contribution in [0, 0.1) is 0 Å². The summed E-state index contributed by atoms with van der Waals surface area (Å²) < 4.78 is 24.4. The predicted octanol–water partition coefficient (Wildman–Crippen LogP) is 5.57. The minimum atomic E-state index is -1.57. The maximum absolute atomic E-state index is 13.0. The molecule has 5 rings (SSSR count). The average Bonchev–Trinajstić information content (AvgIpc) is 3.55. The van der Waals surface area contributed by atoms with Crippen molar-refractivity contribution in [1.29, 1.82) is 0 Å². The Bertz CT molecular complexity index is 1750. The van der Waals surface area contributed by atoms with Crippen LogP contribution in [0.1, 0.15) is 31.8 Å². The number of nitrogens with zero attached hydrogens (tertiary/aromatic N) is 2. The van der Waals surface area contributed by atoms with Crippen LogP contribution in [0.25, 0.3) is 10.9 Å². The lowest BCUT2D eigenvalue weighted by Crippen LogP contribution is -2.25. The molecule has 2 heterocycles. The fourth-order valence-electron chi connectivity index (χ4n) is 4.25. The molecular formula is C28H23ClN4O5S2. The number of benzene rings is 3. The second kappa shape index (κ2) is 11.9. The van der Waals surface area contributed by atoms with Crippen LogP contribution in [0.4, 0.5) is 5.82 Å². The highest BCUT2D eigenvalue weighted by atomic mass is 35.5. The van der Waals surface area contributed by atoms with Gasteiger partial charge in [-0.05, 0) is 47.5 Å². The van der Waals surface area contributed by atoms with Crippen LogP contribution in [0.2, 0.25) is 4.34 Å². The maximum atomic E-state index is 13.0. The summed E-state index contributed by atoms with van der Waals surface area (Å²) in [4.78, 5) is 24.1. The molecule has 0 radical (unpaired) electrons. The van der Waals surface area contributed by atoms with Gasteiger partial charge < -0.3 is 15.2 Å². The third kappa shape index (κ3) is 5.86. The van der Waals surface area contributed by atoms with E-state index in [1.54, 1.807) is 36.1 Å². The van der Waals surface area contributed by atoms with Gasteiger partial charge in [-0.25, -0.2) is 9.00 Å². The number of fused-ring (bicyclic) bond motifs is 1. The lowest BCUT2D eigenvalue weighted by molar-refractivity contribution is 0.0691. The van der Waals surface area contributed by atoms with Gasteiger partial charge in [0.15, 0.2) is 16.8 Å². The Morgan fingerprint density at radius 3 is 2.50 bits per heavy atom. The Hall–Kier alpha value is -4.19. The SMILES string of the molecule is COc1cccc2c1c(NS(=O)c1ccc(Cl)s1)nn2Cc1cccc(CNC(=O)c2ccccc2C(=O)O)c1. The van der Waals surface area contributed by atoms with E-state index in [0.717, 1.165) is 16.6 Å². The van der Waals surface area contributed by atoms with E-state index in [1.807, 2.05) is 42.5 Å². The molecule has 0 aliphatic rings. The topological polar surface area (TPSA) is 123 Å². The number of halogens is 1. The number of anilines is 1. The van der Waals surface area contributed by atoms with Crippen LogP contribution < -0.4 is 14.8 Å². The smallest absolute Gasteiger partial charge is 0.336 e. The number of hydrogen-bond acceptors (Lipinski definition) is 6. The first-order valence-electron chi connectivity index (χ1n) is 12.0. The first-order chi connectivity index (χ1) is 19.3. The summed E-state index contributed by atoms with van der Waals surface area (Å²) in [7, 11) is -0.000825. The number of methoxy groups -OCH3 is 1. The molecule has 3 N–H and O–H groups in total. The Morgan fingerprint density at radius 2 is 1.77 bits per heavy atom. The molecule has 0 fully saturated rings. The number of aromatic carboxylic acids is 1. The third-order valence-electron chi connectivity index (χ3n) is 6.06. The van der Waals surface area contributed by atoms with Crippen molar-refractivity contribution < 1.29 is 23.6 Å². The summed E-state index contributed by atoms with van der Waals surface area (Å²) in [6.07, 6.45) is 0. The number of hydrogen-bond donors (Lipinski definition) is 3. The van der Waals surface area contributed by atoms with Gasteiger partial charge in [0.25, 0.3) is 5.91 Å². The van der Waals surface area contributed by atoms with E-state index in [2.05, 4.69) is 10.0 Å². The second-order valence-electron chi connectivity index (χ2n) is 8.64. The Kier molecular flexibility index (Phi) is 8.15. The summed E-state index contributed by atoms with van der Waals surface area (Å²) in [5.41, 5.74) is 2.59. The van der Waals surface area contributed by atoms with Gasteiger partial charge in [0.2, 0.25) is 0 Å². The van der Waals surface area contributed by atoms with Crippen LogP contribution in [0.5, 0.6) is 5.75 Å². The Balaban J connectivity index is 1.37. The molecule has 2 aromatic heterocycles. The summed E-state index contributed by atoms with van der Waals surface area (Å²) >= 11 is 7.24. The quantitative estimate of drug-likeness (QED) is 0.194. The number of carboxylic acid groups (broad SMARTS) is 1. The van der Waals surface area contributed by atoms with Crippen molar-refractivity contribution in [2.45, 2.75) is 17.3 Å². The van der Waals surface area contributed by atoms with Gasteiger partial charge in [-0.2, -0.15) is 5.10 Å². The number of carboxylic acids is 1. The van der Waals surface area contributed by atoms with Gasteiger partial charge in [0, 0.05) is 6.54 Å². The molecule has 0 aliphatic carbocycles. The number of thiophene rings is 1. The van der Waals surface area contributed by atoms with Crippen molar-refractivity contribution >= 4 is 62.5 Å². The van der Waals surface area contributed by atoms with E-state index in [4.69, 9.17) is 21.4 Å². The van der Waals surface area contributed by atoms with E-state index in [1.165, 1.54) is 23.5 Å². The summed E-state index contributed by atoms with van der Waals surface area (Å²) in [6, 6.07) is 22.7. The molecule has 3 aromatic carbocycles. The van der Waals surface area contributed by atoms with Gasteiger partial charge in [-0.15, -0.1) is 11.3 Å².